The van der Waals surface area contributed by atoms with Crippen LogP contribution in [0.1, 0.15) is 48.7 Å². The van der Waals surface area contributed by atoms with E-state index in [-0.39, 0.29) is 24.2 Å². The number of aromatic nitrogens is 1. The molecule has 1 amide bonds. The number of anilines is 1. The van der Waals surface area contributed by atoms with E-state index in [0.717, 1.165) is 37.2 Å². The summed E-state index contributed by atoms with van der Waals surface area (Å²) >= 11 is 1.34. The highest BCUT2D eigenvalue weighted by atomic mass is 32.1. The van der Waals surface area contributed by atoms with Crippen LogP contribution >= 0.6 is 11.3 Å². The van der Waals surface area contributed by atoms with Crippen molar-refractivity contribution in [1.29, 1.82) is 0 Å². The number of nitrogens with zero attached hydrogens (tertiary/aromatic N) is 2. The molecule has 2 aromatic rings. The van der Waals surface area contributed by atoms with Crippen molar-refractivity contribution in [2.75, 3.05) is 19.0 Å². The second kappa shape index (κ2) is 9.68. The maximum atomic E-state index is 12.3. The van der Waals surface area contributed by atoms with E-state index in [2.05, 4.69) is 17.2 Å². The van der Waals surface area contributed by atoms with Gasteiger partial charge in [-0.25, -0.2) is 9.78 Å². The average Bonchev–Trinajstić information content (AvgIpc) is 3.20. The first-order valence-corrected chi connectivity index (χ1v) is 10.6. The number of rotatable bonds is 7. The van der Waals surface area contributed by atoms with E-state index >= 15 is 0 Å². The Morgan fingerprint density at radius 1 is 1.21 bits per heavy atom. The molecule has 1 N–H and O–H groups in total. The van der Waals surface area contributed by atoms with E-state index in [1.54, 1.807) is 17.3 Å². The highest BCUT2D eigenvalue weighted by Gasteiger charge is 2.25. The van der Waals surface area contributed by atoms with Crippen molar-refractivity contribution in [1.82, 2.24) is 9.88 Å². The zero-order valence-electron chi connectivity index (χ0n) is 16.4. The summed E-state index contributed by atoms with van der Waals surface area (Å²) in [6, 6.07) is 10.2. The first-order valence-electron chi connectivity index (χ1n) is 9.69. The molecule has 0 aliphatic heterocycles. The van der Waals surface area contributed by atoms with E-state index in [1.165, 1.54) is 11.3 Å². The molecule has 1 aromatic carbocycles. The van der Waals surface area contributed by atoms with Crippen LogP contribution in [-0.2, 0) is 16.1 Å². The van der Waals surface area contributed by atoms with Crippen LogP contribution in [0.4, 0.5) is 5.13 Å². The lowest BCUT2D eigenvalue weighted by Gasteiger charge is -2.33. The summed E-state index contributed by atoms with van der Waals surface area (Å²) in [5, 5.41) is 5.48. The van der Waals surface area contributed by atoms with Gasteiger partial charge < -0.3 is 15.0 Å². The third-order valence-electron chi connectivity index (χ3n) is 5.25. The highest BCUT2D eigenvalue weighted by molar-refractivity contribution is 7.13. The van der Waals surface area contributed by atoms with Crippen molar-refractivity contribution >= 4 is 28.3 Å². The number of ether oxygens (including phenoxy) is 1. The predicted molar refractivity (Wildman–Crippen MR) is 110 cm³/mol. The van der Waals surface area contributed by atoms with Gasteiger partial charge in [-0.1, -0.05) is 37.3 Å². The van der Waals surface area contributed by atoms with Gasteiger partial charge in [-0.2, -0.15) is 0 Å². The number of esters is 1. The molecule has 7 heteroatoms. The van der Waals surface area contributed by atoms with Crippen molar-refractivity contribution in [3.63, 3.8) is 0 Å². The Kier molecular flexibility index (Phi) is 7.03. The van der Waals surface area contributed by atoms with Crippen LogP contribution in [0.5, 0.6) is 0 Å². The van der Waals surface area contributed by atoms with Crippen LogP contribution < -0.4 is 5.32 Å². The van der Waals surface area contributed by atoms with Crippen LogP contribution in [0.25, 0.3) is 0 Å². The number of benzene rings is 1. The third-order valence-corrected chi connectivity index (χ3v) is 6.05. The molecule has 1 saturated carbocycles. The maximum Gasteiger partial charge on any atom is 0.358 e. The lowest BCUT2D eigenvalue weighted by atomic mass is 9.87. The fourth-order valence-corrected chi connectivity index (χ4v) is 4.04. The van der Waals surface area contributed by atoms with E-state index in [1.807, 2.05) is 30.3 Å². The summed E-state index contributed by atoms with van der Waals surface area (Å²) in [7, 11) is 1.80. The van der Waals surface area contributed by atoms with Gasteiger partial charge in [0.2, 0.25) is 0 Å². The minimum absolute atomic E-state index is 0.162. The molecule has 0 saturated heterocycles. The standard InChI is InChI=1S/C21H27N3O3S/c1-15-8-10-17(11-9-15)24(2)19(25)13-27-20(26)18-14-28-21(23-18)22-12-16-6-4-3-5-7-16/h3-7,14-15,17H,8-13H2,1-2H3,(H,22,23). The quantitative estimate of drug-likeness (QED) is 0.712. The maximum absolute atomic E-state index is 12.3. The van der Waals surface area contributed by atoms with E-state index < -0.39 is 5.97 Å². The largest absolute Gasteiger partial charge is 0.451 e. The van der Waals surface area contributed by atoms with E-state index in [4.69, 9.17) is 4.74 Å². The van der Waals surface area contributed by atoms with Crippen LogP contribution in [0.2, 0.25) is 0 Å². The Bertz CT molecular complexity index is 785. The van der Waals surface area contributed by atoms with Gasteiger partial charge in [0, 0.05) is 25.0 Å². The number of thiazole rings is 1. The molecule has 3 rings (SSSR count). The average molecular weight is 402 g/mol. The summed E-state index contributed by atoms with van der Waals surface area (Å²) in [6.07, 6.45) is 4.30. The van der Waals surface area contributed by atoms with Crippen molar-refractivity contribution in [3.05, 3.63) is 47.0 Å². The van der Waals surface area contributed by atoms with Crippen LogP contribution in [0.15, 0.2) is 35.7 Å². The van der Waals surface area contributed by atoms with Crippen molar-refractivity contribution in [3.8, 4) is 0 Å². The smallest absolute Gasteiger partial charge is 0.358 e. The molecule has 1 fully saturated rings. The van der Waals surface area contributed by atoms with Gasteiger partial charge in [-0.05, 0) is 37.2 Å². The zero-order chi connectivity index (χ0) is 19.9. The Hall–Kier alpha value is -2.41. The van der Waals surface area contributed by atoms with Gasteiger partial charge in [-0.3, -0.25) is 4.79 Å². The van der Waals surface area contributed by atoms with Gasteiger partial charge in [0.05, 0.1) is 0 Å². The van der Waals surface area contributed by atoms with Gasteiger partial charge >= 0.3 is 5.97 Å². The molecule has 6 nitrogen and oxygen atoms in total. The van der Waals surface area contributed by atoms with Gasteiger partial charge in [0.1, 0.15) is 0 Å². The molecule has 1 heterocycles. The number of carbonyl (C=O) groups is 2. The Morgan fingerprint density at radius 2 is 1.93 bits per heavy atom. The number of amides is 1. The molecule has 1 aromatic heterocycles. The van der Waals surface area contributed by atoms with Crippen molar-refractivity contribution < 1.29 is 14.3 Å². The zero-order valence-corrected chi connectivity index (χ0v) is 17.2. The number of nitrogens with one attached hydrogen (secondary N) is 1. The summed E-state index contributed by atoms with van der Waals surface area (Å²) < 4.78 is 5.19. The minimum atomic E-state index is -0.567. The molecular formula is C21H27N3O3S. The number of hydrogen-bond acceptors (Lipinski definition) is 6. The summed E-state index contributed by atoms with van der Waals surface area (Å²) in [5.74, 6) is 0.000488. The van der Waals surface area contributed by atoms with Crippen molar-refractivity contribution in [2.45, 2.75) is 45.2 Å². The molecule has 0 unspecified atom stereocenters. The second-order valence-electron chi connectivity index (χ2n) is 7.37. The van der Waals surface area contributed by atoms with Crippen LogP contribution in [0, 0.1) is 5.92 Å². The highest BCUT2D eigenvalue weighted by Crippen LogP contribution is 2.26. The normalized spacial score (nSPS) is 19.1. The molecule has 0 bridgehead atoms. The van der Waals surface area contributed by atoms with Crippen LogP contribution in [-0.4, -0.2) is 41.5 Å². The van der Waals surface area contributed by atoms with E-state index in [9.17, 15) is 9.59 Å². The molecule has 150 valence electrons. The molecule has 0 radical (unpaired) electrons. The number of likely N-dealkylation sites (N-methyl/N-ethyl adjacent to an activating group) is 1. The van der Waals surface area contributed by atoms with Crippen molar-refractivity contribution in [2.24, 2.45) is 5.92 Å². The lowest BCUT2D eigenvalue weighted by molar-refractivity contribution is -0.136. The first kappa shape index (κ1) is 20.3. The molecule has 1 aliphatic carbocycles. The van der Waals surface area contributed by atoms with Gasteiger partial charge in [0.15, 0.2) is 17.4 Å². The molecule has 0 atom stereocenters. The Balaban J connectivity index is 1.44. The SMILES string of the molecule is CC1CCC(N(C)C(=O)COC(=O)c2csc(NCc3ccccc3)n2)CC1. The van der Waals surface area contributed by atoms with Gasteiger partial charge in [-0.15, -0.1) is 11.3 Å². The third kappa shape index (κ3) is 5.55. The molecule has 0 spiro atoms. The molecular weight excluding hydrogens is 374 g/mol. The summed E-state index contributed by atoms with van der Waals surface area (Å²) in [4.78, 5) is 30.5. The molecule has 28 heavy (non-hydrogen) atoms. The number of carbonyl (C=O) groups excluding carboxylic acids is 2. The second-order valence-corrected chi connectivity index (χ2v) is 8.23. The number of hydrogen-bond donors (Lipinski definition) is 1. The van der Waals surface area contributed by atoms with E-state index in [0.29, 0.717) is 11.7 Å². The Morgan fingerprint density at radius 3 is 2.64 bits per heavy atom. The topological polar surface area (TPSA) is 71.5 Å². The summed E-state index contributed by atoms with van der Waals surface area (Å²) in [6.45, 7) is 2.63. The lowest BCUT2D eigenvalue weighted by Crippen LogP contribution is -2.41. The minimum Gasteiger partial charge on any atom is -0.451 e. The monoisotopic (exact) mass is 401 g/mol. The fraction of sp³-hybridized carbons (Fsp3) is 0.476. The Labute approximate surface area is 169 Å². The molecule has 1 aliphatic rings. The van der Waals surface area contributed by atoms with Crippen LogP contribution in [0.3, 0.4) is 0 Å². The predicted octanol–water partition coefficient (Wildman–Crippen LogP) is 3.95. The van der Waals surface area contributed by atoms with Gasteiger partial charge in [0.25, 0.3) is 5.91 Å². The first-order chi connectivity index (χ1) is 13.5. The summed E-state index contributed by atoms with van der Waals surface area (Å²) in [5.41, 5.74) is 1.36. The fourth-order valence-electron chi connectivity index (χ4n) is 3.36.